The van der Waals surface area contributed by atoms with Gasteiger partial charge in [0, 0.05) is 40.0 Å². The SMILES string of the molecule is O=C([O-])C[C@@H](NC(=O)Cc1cccs1)c1cc([N+](=O)[O-])ccc1Cl. The van der Waals surface area contributed by atoms with Crippen molar-refractivity contribution in [3.63, 3.8) is 0 Å². The number of hydrogen-bond acceptors (Lipinski definition) is 6. The largest absolute Gasteiger partial charge is 0.550 e. The Balaban J connectivity index is 2.24. The average molecular weight is 368 g/mol. The Morgan fingerprint density at radius 3 is 2.67 bits per heavy atom. The predicted octanol–water partition coefficient (Wildman–Crippen LogP) is 1.85. The van der Waals surface area contributed by atoms with Crippen LogP contribution in [-0.2, 0) is 16.0 Å². The zero-order chi connectivity index (χ0) is 17.7. The monoisotopic (exact) mass is 367 g/mol. The van der Waals surface area contributed by atoms with Gasteiger partial charge in [-0.1, -0.05) is 17.7 Å². The second-order valence-electron chi connectivity index (χ2n) is 4.92. The van der Waals surface area contributed by atoms with Crippen molar-refractivity contribution >= 4 is 40.5 Å². The van der Waals surface area contributed by atoms with Crippen molar-refractivity contribution in [1.82, 2.24) is 5.32 Å². The number of thiophene rings is 1. The summed E-state index contributed by atoms with van der Waals surface area (Å²) in [6.45, 7) is 0. The molecule has 1 amide bonds. The summed E-state index contributed by atoms with van der Waals surface area (Å²) in [6.07, 6.45) is -0.467. The second kappa shape index (κ2) is 7.89. The quantitative estimate of drug-likeness (QED) is 0.592. The number of nitrogens with zero attached hydrogens (tertiary/aromatic N) is 1. The van der Waals surface area contributed by atoms with Gasteiger partial charge in [0.1, 0.15) is 0 Å². The highest BCUT2D eigenvalue weighted by Gasteiger charge is 2.21. The Morgan fingerprint density at radius 1 is 1.33 bits per heavy atom. The van der Waals surface area contributed by atoms with E-state index in [0.29, 0.717) is 0 Å². The number of hydrogen-bond donors (Lipinski definition) is 1. The van der Waals surface area contributed by atoms with E-state index < -0.39 is 29.3 Å². The van der Waals surface area contributed by atoms with Gasteiger partial charge in [0.2, 0.25) is 5.91 Å². The van der Waals surface area contributed by atoms with E-state index >= 15 is 0 Å². The number of nitro benzene ring substituents is 1. The number of benzene rings is 1. The fraction of sp³-hybridized carbons (Fsp3) is 0.200. The van der Waals surface area contributed by atoms with Crippen LogP contribution in [0.5, 0.6) is 0 Å². The van der Waals surface area contributed by atoms with Crippen molar-refractivity contribution in [3.05, 3.63) is 61.3 Å². The lowest BCUT2D eigenvalue weighted by atomic mass is 10.0. The number of halogens is 1. The molecule has 2 aromatic rings. The summed E-state index contributed by atoms with van der Waals surface area (Å²) in [5, 5.41) is 26.4. The molecule has 0 unspecified atom stereocenters. The fourth-order valence-corrected chi connectivity index (χ4v) is 3.09. The van der Waals surface area contributed by atoms with Gasteiger partial charge in [-0.15, -0.1) is 11.3 Å². The van der Waals surface area contributed by atoms with Crippen LogP contribution >= 0.6 is 22.9 Å². The lowest BCUT2D eigenvalue weighted by Crippen LogP contribution is -2.35. The standard InChI is InChI=1S/C15H13ClN2O5S/c16-12-4-3-9(18(22)23)6-11(12)13(8-15(20)21)17-14(19)7-10-2-1-5-24-10/h1-6,13H,7-8H2,(H,17,19)(H,20,21)/p-1/t13-/m1/s1. The number of nitro groups is 1. The Morgan fingerprint density at radius 2 is 2.08 bits per heavy atom. The first-order valence-electron chi connectivity index (χ1n) is 6.82. The Hall–Kier alpha value is -2.45. The first kappa shape index (κ1) is 17.9. The summed E-state index contributed by atoms with van der Waals surface area (Å²) in [4.78, 5) is 34.2. The summed E-state index contributed by atoms with van der Waals surface area (Å²) in [5.41, 5.74) is -0.0835. The molecule has 1 aromatic heterocycles. The zero-order valence-electron chi connectivity index (χ0n) is 12.2. The third kappa shape index (κ3) is 4.77. The maximum Gasteiger partial charge on any atom is 0.269 e. The zero-order valence-corrected chi connectivity index (χ0v) is 13.8. The van der Waals surface area contributed by atoms with Gasteiger partial charge in [-0.25, -0.2) is 0 Å². The third-order valence-corrected chi connectivity index (χ3v) is 4.41. The first-order chi connectivity index (χ1) is 11.4. The predicted molar refractivity (Wildman–Crippen MR) is 86.6 cm³/mol. The number of aliphatic carboxylic acids is 1. The summed E-state index contributed by atoms with van der Waals surface area (Å²) in [5.74, 6) is -1.81. The highest BCUT2D eigenvalue weighted by Crippen LogP contribution is 2.29. The first-order valence-corrected chi connectivity index (χ1v) is 8.08. The molecule has 0 aliphatic carbocycles. The molecule has 126 valence electrons. The highest BCUT2D eigenvalue weighted by atomic mass is 35.5. The van der Waals surface area contributed by atoms with Crippen molar-refractivity contribution in [3.8, 4) is 0 Å². The number of non-ortho nitro benzene ring substituents is 1. The maximum atomic E-state index is 12.1. The van der Waals surface area contributed by atoms with Gasteiger partial charge in [-0.05, 0) is 17.5 Å². The molecule has 1 N–H and O–H groups in total. The molecule has 0 saturated carbocycles. The van der Waals surface area contributed by atoms with Crippen LogP contribution in [-0.4, -0.2) is 16.8 Å². The maximum absolute atomic E-state index is 12.1. The molecule has 0 saturated heterocycles. The number of carbonyl (C=O) groups is 2. The molecule has 0 aliphatic rings. The van der Waals surface area contributed by atoms with Crippen molar-refractivity contribution < 1.29 is 19.6 Å². The van der Waals surface area contributed by atoms with Crippen LogP contribution in [0.3, 0.4) is 0 Å². The van der Waals surface area contributed by atoms with Gasteiger partial charge in [0.05, 0.1) is 17.4 Å². The molecule has 7 nitrogen and oxygen atoms in total. The van der Waals surface area contributed by atoms with E-state index in [1.165, 1.54) is 23.5 Å². The third-order valence-electron chi connectivity index (χ3n) is 3.19. The highest BCUT2D eigenvalue weighted by molar-refractivity contribution is 7.10. The van der Waals surface area contributed by atoms with Crippen molar-refractivity contribution in [2.45, 2.75) is 18.9 Å². The van der Waals surface area contributed by atoms with E-state index in [0.717, 1.165) is 10.9 Å². The Kier molecular flexibility index (Phi) is 5.88. The molecule has 0 spiro atoms. The number of carbonyl (C=O) groups excluding carboxylic acids is 2. The normalized spacial score (nSPS) is 11.7. The van der Waals surface area contributed by atoms with Crippen LogP contribution < -0.4 is 10.4 Å². The molecule has 9 heteroatoms. The lowest BCUT2D eigenvalue weighted by Gasteiger charge is -2.20. The van der Waals surface area contributed by atoms with Gasteiger partial charge in [-0.3, -0.25) is 14.9 Å². The van der Waals surface area contributed by atoms with Crippen LogP contribution in [0.4, 0.5) is 5.69 Å². The molecule has 0 fully saturated rings. The van der Waals surface area contributed by atoms with Crippen molar-refractivity contribution in [1.29, 1.82) is 0 Å². The summed E-state index contributed by atoms with van der Waals surface area (Å²) < 4.78 is 0. The minimum Gasteiger partial charge on any atom is -0.550 e. The number of amides is 1. The van der Waals surface area contributed by atoms with E-state index in [9.17, 15) is 24.8 Å². The molecule has 1 heterocycles. The van der Waals surface area contributed by atoms with Crippen LogP contribution in [0.1, 0.15) is 22.9 Å². The molecule has 0 aliphatic heterocycles. The average Bonchev–Trinajstić information content (AvgIpc) is 2.99. The topological polar surface area (TPSA) is 112 Å². The minimum absolute atomic E-state index is 0.0771. The van der Waals surface area contributed by atoms with E-state index in [-0.39, 0.29) is 22.7 Å². The van der Waals surface area contributed by atoms with Crippen molar-refractivity contribution in [2.75, 3.05) is 0 Å². The molecular formula is C15H12ClN2O5S-. The summed E-state index contributed by atoms with van der Waals surface area (Å²) >= 11 is 7.41. The lowest BCUT2D eigenvalue weighted by molar-refractivity contribution is -0.385. The smallest absolute Gasteiger partial charge is 0.269 e. The van der Waals surface area contributed by atoms with E-state index in [4.69, 9.17) is 11.6 Å². The molecule has 2 rings (SSSR count). The molecule has 1 aromatic carbocycles. The molecule has 0 bridgehead atoms. The van der Waals surface area contributed by atoms with Crippen LogP contribution in [0.25, 0.3) is 0 Å². The molecule has 24 heavy (non-hydrogen) atoms. The van der Waals surface area contributed by atoms with Gasteiger partial charge in [-0.2, -0.15) is 0 Å². The molecule has 0 radical (unpaired) electrons. The number of carboxylic acid groups (broad SMARTS) is 1. The van der Waals surface area contributed by atoms with E-state index in [1.807, 2.05) is 5.38 Å². The van der Waals surface area contributed by atoms with E-state index in [2.05, 4.69) is 5.32 Å². The summed E-state index contributed by atoms with van der Waals surface area (Å²) in [7, 11) is 0. The molecule has 1 atom stereocenters. The van der Waals surface area contributed by atoms with E-state index in [1.54, 1.807) is 12.1 Å². The van der Waals surface area contributed by atoms with Gasteiger partial charge < -0.3 is 15.2 Å². The van der Waals surface area contributed by atoms with Gasteiger partial charge >= 0.3 is 0 Å². The van der Waals surface area contributed by atoms with Crippen LogP contribution in [0, 0.1) is 10.1 Å². The van der Waals surface area contributed by atoms with Crippen LogP contribution in [0.15, 0.2) is 35.7 Å². The van der Waals surface area contributed by atoms with Crippen molar-refractivity contribution in [2.24, 2.45) is 0 Å². The Labute approximate surface area is 146 Å². The summed E-state index contributed by atoms with van der Waals surface area (Å²) in [6, 6.07) is 6.20. The number of rotatable bonds is 7. The molecular weight excluding hydrogens is 356 g/mol. The fourth-order valence-electron chi connectivity index (χ4n) is 2.13. The van der Waals surface area contributed by atoms with Gasteiger partial charge in [0.15, 0.2) is 0 Å². The number of carboxylic acids is 1. The minimum atomic E-state index is -1.40. The Bertz CT molecular complexity index is 763. The van der Waals surface area contributed by atoms with Crippen LogP contribution in [0.2, 0.25) is 5.02 Å². The number of nitrogens with one attached hydrogen (secondary N) is 1. The van der Waals surface area contributed by atoms with Gasteiger partial charge in [0.25, 0.3) is 5.69 Å². The second-order valence-corrected chi connectivity index (χ2v) is 6.35.